The maximum Gasteiger partial charge on any atom is 0.305 e. The highest BCUT2D eigenvalue weighted by Gasteiger charge is 2.18. The van der Waals surface area contributed by atoms with E-state index in [1.165, 1.54) is 0 Å². The highest BCUT2D eigenvalue weighted by atomic mass is 16.5. The van der Waals surface area contributed by atoms with E-state index < -0.39 is 12.0 Å². The molecule has 0 bridgehead atoms. The number of hydrogen-bond acceptors (Lipinski definition) is 4. The summed E-state index contributed by atoms with van der Waals surface area (Å²) in [5.41, 5.74) is 6.71. The van der Waals surface area contributed by atoms with Gasteiger partial charge in [0.05, 0.1) is 20.6 Å². The van der Waals surface area contributed by atoms with Crippen LogP contribution in [0.2, 0.25) is 0 Å². The molecular weight excluding hydrogens is 258 g/mol. The highest BCUT2D eigenvalue weighted by molar-refractivity contribution is 5.90. The molecule has 3 N–H and O–H groups in total. The van der Waals surface area contributed by atoms with Crippen LogP contribution in [0, 0.1) is 0 Å². The second-order valence-electron chi connectivity index (χ2n) is 4.47. The van der Waals surface area contributed by atoms with Crippen molar-refractivity contribution in [3.8, 4) is 11.5 Å². The first-order chi connectivity index (χ1) is 9.56. The third kappa shape index (κ3) is 2.67. The molecule has 1 unspecified atom stereocenters. The topological polar surface area (TPSA) is 81.8 Å². The van der Waals surface area contributed by atoms with Crippen LogP contribution in [0.3, 0.4) is 0 Å². The summed E-state index contributed by atoms with van der Waals surface area (Å²) in [6, 6.07) is 8.66. The van der Waals surface area contributed by atoms with Crippen molar-refractivity contribution in [2.45, 2.75) is 12.5 Å². The Bertz CT molecular complexity index is 634. The van der Waals surface area contributed by atoms with E-state index in [4.69, 9.17) is 20.3 Å². The monoisotopic (exact) mass is 275 g/mol. The minimum absolute atomic E-state index is 0.160. The Morgan fingerprint density at radius 2 is 1.95 bits per heavy atom. The first-order valence-corrected chi connectivity index (χ1v) is 6.19. The van der Waals surface area contributed by atoms with Crippen LogP contribution in [-0.2, 0) is 4.79 Å². The fraction of sp³-hybridized carbons (Fsp3) is 0.267. The quantitative estimate of drug-likeness (QED) is 0.875. The van der Waals surface area contributed by atoms with Crippen LogP contribution in [-0.4, -0.2) is 25.3 Å². The molecule has 0 aliphatic carbocycles. The second-order valence-corrected chi connectivity index (χ2v) is 4.47. The Hall–Kier alpha value is -2.27. The molecule has 0 fully saturated rings. The predicted molar refractivity (Wildman–Crippen MR) is 76.2 cm³/mol. The molecule has 0 amide bonds. The van der Waals surface area contributed by atoms with Gasteiger partial charge < -0.3 is 20.3 Å². The first-order valence-electron chi connectivity index (χ1n) is 6.19. The molecule has 20 heavy (non-hydrogen) atoms. The molecule has 0 radical (unpaired) electrons. The summed E-state index contributed by atoms with van der Waals surface area (Å²) in [7, 11) is 3.12. The van der Waals surface area contributed by atoms with Crippen molar-refractivity contribution in [3.63, 3.8) is 0 Å². The van der Waals surface area contributed by atoms with Gasteiger partial charge in [-0.25, -0.2) is 0 Å². The number of carboxylic acids is 1. The van der Waals surface area contributed by atoms with Gasteiger partial charge in [-0.3, -0.25) is 4.79 Å². The van der Waals surface area contributed by atoms with Crippen molar-refractivity contribution in [3.05, 3.63) is 35.9 Å². The molecule has 5 heteroatoms. The summed E-state index contributed by atoms with van der Waals surface area (Å²) >= 11 is 0. The average molecular weight is 275 g/mol. The predicted octanol–water partition coefficient (Wildman–Crippen LogP) is 2.33. The lowest BCUT2D eigenvalue weighted by molar-refractivity contribution is -0.137. The molecule has 2 rings (SSSR count). The van der Waals surface area contributed by atoms with Gasteiger partial charge in [-0.2, -0.15) is 0 Å². The van der Waals surface area contributed by atoms with Gasteiger partial charge in [-0.05, 0) is 29.0 Å². The van der Waals surface area contributed by atoms with E-state index in [9.17, 15) is 4.79 Å². The van der Waals surface area contributed by atoms with Gasteiger partial charge in [0.15, 0.2) is 0 Å². The van der Waals surface area contributed by atoms with Crippen molar-refractivity contribution >= 4 is 16.7 Å². The summed E-state index contributed by atoms with van der Waals surface area (Å²) in [6.07, 6.45) is -0.160. The maximum atomic E-state index is 10.9. The lowest BCUT2D eigenvalue weighted by Gasteiger charge is -2.17. The fourth-order valence-electron chi connectivity index (χ4n) is 2.28. The number of hydrogen-bond donors (Lipinski definition) is 2. The Labute approximate surface area is 116 Å². The van der Waals surface area contributed by atoms with Crippen LogP contribution in [0.1, 0.15) is 18.0 Å². The van der Waals surface area contributed by atoms with Crippen LogP contribution >= 0.6 is 0 Å². The summed E-state index contributed by atoms with van der Waals surface area (Å²) in [6.45, 7) is 0. The van der Waals surface area contributed by atoms with Crippen LogP contribution in [0.15, 0.2) is 30.3 Å². The summed E-state index contributed by atoms with van der Waals surface area (Å²) in [5.74, 6) is 0.327. The van der Waals surface area contributed by atoms with Crippen LogP contribution < -0.4 is 15.2 Å². The number of aliphatic carboxylic acids is 1. The molecule has 0 heterocycles. The molecule has 0 saturated carbocycles. The van der Waals surface area contributed by atoms with Crippen molar-refractivity contribution in [2.75, 3.05) is 14.2 Å². The third-order valence-corrected chi connectivity index (χ3v) is 3.22. The fourth-order valence-corrected chi connectivity index (χ4v) is 2.28. The molecule has 106 valence electrons. The Kier molecular flexibility index (Phi) is 4.10. The van der Waals surface area contributed by atoms with Crippen LogP contribution in [0.4, 0.5) is 0 Å². The number of carboxylic acid groups (broad SMARTS) is 1. The smallest absolute Gasteiger partial charge is 0.305 e. The first kappa shape index (κ1) is 14.1. The molecule has 0 aliphatic rings. The Balaban J connectivity index is 2.65. The number of nitrogens with two attached hydrogens (primary N) is 1. The van der Waals surface area contributed by atoms with Gasteiger partial charge in [0.25, 0.3) is 0 Å². The normalized spacial score (nSPS) is 12.2. The summed E-state index contributed by atoms with van der Waals surface area (Å²) in [4.78, 5) is 10.9. The highest BCUT2D eigenvalue weighted by Crippen LogP contribution is 2.35. The van der Waals surface area contributed by atoms with E-state index in [-0.39, 0.29) is 6.42 Å². The van der Waals surface area contributed by atoms with Gasteiger partial charge >= 0.3 is 5.97 Å². The molecule has 2 aromatic carbocycles. The zero-order chi connectivity index (χ0) is 14.7. The summed E-state index contributed by atoms with van der Waals surface area (Å²) in [5, 5.41) is 10.7. The molecule has 5 nitrogen and oxygen atoms in total. The van der Waals surface area contributed by atoms with Crippen LogP contribution in [0.5, 0.6) is 11.5 Å². The minimum Gasteiger partial charge on any atom is -0.497 e. The molecule has 0 saturated heterocycles. The van der Waals surface area contributed by atoms with E-state index in [0.29, 0.717) is 17.1 Å². The zero-order valence-electron chi connectivity index (χ0n) is 11.4. The van der Waals surface area contributed by atoms with E-state index in [2.05, 4.69) is 0 Å². The van der Waals surface area contributed by atoms with Gasteiger partial charge in [0.2, 0.25) is 0 Å². The van der Waals surface area contributed by atoms with E-state index >= 15 is 0 Å². The van der Waals surface area contributed by atoms with E-state index in [1.54, 1.807) is 20.3 Å². The van der Waals surface area contributed by atoms with Gasteiger partial charge in [-0.15, -0.1) is 0 Å². The van der Waals surface area contributed by atoms with Gasteiger partial charge in [0.1, 0.15) is 11.5 Å². The number of carbonyl (C=O) groups is 1. The molecule has 0 aromatic heterocycles. The maximum absolute atomic E-state index is 10.9. The lowest BCUT2D eigenvalue weighted by Crippen LogP contribution is -2.16. The molecule has 0 spiro atoms. The van der Waals surface area contributed by atoms with Crippen molar-refractivity contribution < 1.29 is 19.4 Å². The second kappa shape index (κ2) is 5.79. The third-order valence-electron chi connectivity index (χ3n) is 3.22. The largest absolute Gasteiger partial charge is 0.497 e. The number of ether oxygens (including phenoxy) is 2. The van der Waals surface area contributed by atoms with Crippen molar-refractivity contribution in [1.82, 2.24) is 0 Å². The molecule has 0 aliphatic heterocycles. The Morgan fingerprint density at radius 3 is 2.55 bits per heavy atom. The summed E-state index contributed by atoms with van der Waals surface area (Å²) < 4.78 is 10.5. The SMILES string of the molecule is COc1ccc2ccc(OC)c(C(N)CC(=O)O)c2c1. The van der Waals surface area contributed by atoms with Crippen molar-refractivity contribution in [2.24, 2.45) is 5.73 Å². The molecule has 2 aromatic rings. The number of fused-ring (bicyclic) bond motifs is 1. The average Bonchev–Trinajstić information content (AvgIpc) is 2.44. The number of benzene rings is 2. The van der Waals surface area contributed by atoms with E-state index in [0.717, 1.165) is 10.8 Å². The van der Waals surface area contributed by atoms with E-state index in [1.807, 2.05) is 24.3 Å². The minimum atomic E-state index is -0.945. The zero-order valence-corrected chi connectivity index (χ0v) is 11.4. The Morgan fingerprint density at radius 1 is 1.25 bits per heavy atom. The van der Waals surface area contributed by atoms with Crippen LogP contribution in [0.25, 0.3) is 10.8 Å². The molecular formula is C15H17NO4. The van der Waals surface area contributed by atoms with Crippen molar-refractivity contribution in [1.29, 1.82) is 0 Å². The molecule has 1 atom stereocenters. The lowest BCUT2D eigenvalue weighted by atomic mass is 9.96. The number of methoxy groups -OCH3 is 2. The van der Waals surface area contributed by atoms with Gasteiger partial charge in [0, 0.05) is 11.6 Å². The number of rotatable bonds is 5. The standard InChI is InChI=1S/C15H17NO4/c1-19-10-5-3-9-4-6-13(20-2)15(11(9)7-10)12(16)8-14(17)18/h3-7,12H,8,16H2,1-2H3,(H,17,18). The van der Waals surface area contributed by atoms with Gasteiger partial charge in [-0.1, -0.05) is 12.1 Å².